The Labute approximate surface area is 122 Å². The van der Waals surface area contributed by atoms with Crippen LogP contribution < -0.4 is 11.3 Å². The van der Waals surface area contributed by atoms with Crippen LogP contribution in [0.3, 0.4) is 0 Å². The van der Waals surface area contributed by atoms with Gasteiger partial charge in [0, 0.05) is 23.3 Å². The van der Waals surface area contributed by atoms with E-state index in [0.29, 0.717) is 0 Å². The van der Waals surface area contributed by atoms with Gasteiger partial charge < -0.3 is 15.8 Å². The van der Waals surface area contributed by atoms with Gasteiger partial charge in [-0.1, -0.05) is 0 Å². The summed E-state index contributed by atoms with van der Waals surface area (Å²) >= 11 is 0. The van der Waals surface area contributed by atoms with Gasteiger partial charge in [0.1, 0.15) is 34.8 Å². The molecule has 108 valence electrons. The van der Waals surface area contributed by atoms with Crippen LogP contribution in [0.1, 0.15) is 11.1 Å². The smallest absolute Gasteiger partial charge is 0.270 e. The van der Waals surface area contributed by atoms with Crippen LogP contribution in [0.4, 0.5) is 11.5 Å². The Hall–Kier alpha value is -3.85. The molecule has 9 heteroatoms. The second-order valence-electron chi connectivity index (χ2n) is 4.17. The first-order chi connectivity index (χ1) is 10.4. The highest BCUT2D eigenvalue weighted by atomic mass is 16.6. The Morgan fingerprint density at radius 3 is 2.45 bits per heavy atom. The minimum Gasteiger partial charge on any atom is -0.507 e. The van der Waals surface area contributed by atoms with Gasteiger partial charge in [-0.25, -0.2) is 0 Å². The van der Waals surface area contributed by atoms with E-state index in [1.54, 1.807) is 12.1 Å². The first-order valence-electron chi connectivity index (χ1n) is 5.74. The number of aromatic hydroxyl groups is 1. The third-order valence-electron chi connectivity index (χ3n) is 2.93. The second-order valence-corrected chi connectivity index (χ2v) is 4.17. The minimum atomic E-state index is -0.861. The summed E-state index contributed by atoms with van der Waals surface area (Å²) in [5.74, 6) is -0.726. The maximum absolute atomic E-state index is 11.8. The summed E-state index contributed by atoms with van der Waals surface area (Å²) in [6.07, 6.45) is 0. The van der Waals surface area contributed by atoms with Crippen molar-refractivity contribution in [1.29, 1.82) is 10.5 Å². The summed E-state index contributed by atoms with van der Waals surface area (Å²) in [5, 5.41) is 39.0. The van der Waals surface area contributed by atoms with Crippen molar-refractivity contribution in [2.75, 3.05) is 5.73 Å². The van der Waals surface area contributed by atoms with Gasteiger partial charge in [0.05, 0.1) is 4.92 Å². The molecule has 0 spiro atoms. The molecule has 0 bridgehead atoms. The number of nitrogen functional groups attached to an aromatic ring is 1. The molecule has 2 rings (SSSR count). The number of nitrogens with one attached hydrogen (secondary N) is 1. The number of nitro groups is 1. The van der Waals surface area contributed by atoms with Crippen LogP contribution in [0, 0.1) is 32.8 Å². The van der Waals surface area contributed by atoms with E-state index in [0.717, 1.165) is 18.2 Å². The summed E-state index contributed by atoms with van der Waals surface area (Å²) in [6.45, 7) is 0. The highest BCUT2D eigenvalue weighted by molar-refractivity contribution is 5.84. The Bertz CT molecular complexity index is 933. The van der Waals surface area contributed by atoms with Crippen LogP contribution in [0.5, 0.6) is 5.75 Å². The van der Waals surface area contributed by atoms with Crippen molar-refractivity contribution in [1.82, 2.24) is 4.98 Å². The van der Waals surface area contributed by atoms with Crippen LogP contribution in [0.25, 0.3) is 11.1 Å². The molecule has 2 aromatic rings. The molecule has 1 aromatic heterocycles. The van der Waals surface area contributed by atoms with Crippen molar-refractivity contribution in [2.45, 2.75) is 0 Å². The number of non-ortho nitro benzene ring substituents is 1. The number of aromatic nitrogens is 1. The fraction of sp³-hybridized carbons (Fsp3) is 0. The predicted octanol–water partition coefficient (Wildman–Crippen LogP) is 0.981. The number of nitrogens with two attached hydrogens (primary N) is 1. The second kappa shape index (κ2) is 5.26. The van der Waals surface area contributed by atoms with Crippen molar-refractivity contribution >= 4 is 11.5 Å². The van der Waals surface area contributed by atoms with E-state index in [2.05, 4.69) is 4.98 Å². The lowest BCUT2D eigenvalue weighted by atomic mass is 9.95. The van der Waals surface area contributed by atoms with Crippen molar-refractivity contribution < 1.29 is 10.0 Å². The van der Waals surface area contributed by atoms with Crippen LogP contribution in [0.15, 0.2) is 23.0 Å². The molecule has 0 amide bonds. The molecule has 0 unspecified atom stereocenters. The Morgan fingerprint density at radius 1 is 1.27 bits per heavy atom. The third kappa shape index (κ3) is 2.19. The SMILES string of the molecule is N#Cc1c(N)[nH]c(=O)c(C#N)c1-c1cc([N+](=O)[O-])ccc1O. The van der Waals surface area contributed by atoms with Gasteiger partial charge in [0.2, 0.25) is 0 Å². The number of phenolic OH excluding ortho intramolecular Hbond substituents is 1. The summed E-state index contributed by atoms with van der Waals surface area (Å²) in [5.41, 5.74) is 3.14. The highest BCUT2D eigenvalue weighted by Gasteiger charge is 2.22. The molecule has 0 aliphatic rings. The Balaban J connectivity index is 2.98. The lowest BCUT2D eigenvalue weighted by molar-refractivity contribution is -0.384. The monoisotopic (exact) mass is 297 g/mol. The van der Waals surface area contributed by atoms with E-state index < -0.39 is 21.8 Å². The number of hydrogen-bond donors (Lipinski definition) is 3. The number of nitro benzene ring substituents is 1. The number of pyridine rings is 1. The number of anilines is 1. The number of nitriles is 2. The summed E-state index contributed by atoms with van der Waals surface area (Å²) in [6, 6.07) is 6.37. The molecule has 1 aromatic carbocycles. The van der Waals surface area contributed by atoms with Gasteiger partial charge >= 0.3 is 0 Å². The first kappa shape index (κ1) is 14.6. The van der Waals surface area contributed by atoms with Crippen LogP contribution in [-0.2, 0) is 0 Å². The molecular formula is C13H7N5O4. The van der Waals surface area contributed by atoms with Gasteiger partial charge in [-0.2, -0.15) is 10.5 Å². The summed E-state index contributed by atoms with van der Waals surface area (Å²) < 4.78 is 0. The standard InChI is InChI=1S/C13H7N5O4/c14-4-8-11(9(5-15)13(20)17-12(8)16)7-3-6(18(21)22)1-2-10(7)19/h1-3,19H,(H3,16,17,20). The molecule has 0 saturated carbocycles. The topological polar surface area (TPSA) is 170 Å². The van der Waals surface area contributed by atoms with Gasteiger partial charge in [0.25, 0.3) is 11.2 Å². The van der Waals surface area contributed by atoms with E-state index in [1.165, 1.54) is 0 Å². The van der Waals surface area contributed by atoms with Gasteiger partial charge in [-0.3, -0.25) is 14.9 Å². The van der Waals surface area contributed by atoms with Gasteiger partial charge in [0.15, 0.2) is 0 Å². The van der Waals surface area contributed by atoms with E-state index >= 15 is 0 Å². The molecule has 0 atom stereocenters. The largest absolute Gasteiger partial charge is 0.507 e. The molecule has 9 nitrogen and oxygen atoms in total. The molecule has 1 heterocycles. The number of phenols is 1. The first-order valence-corrected chi connectivity index (χ1v) is 5.74. The fourth-order valence-electron chi connectivity index (χ4n) is 1.95. The molecular weight excluding hydrogens is 290 g/mol. The van der Waals surface area contributed by atoms with Crippen LogP contribution in [0.2, 0.25) is 0 Å². The predicted molar refractivity (Wildman–Crippen MR) is 74.7 cm³/mol. The number of H-pyrrole nitrogens is 1. The van der Waals surface area contributed by atoms with E-state index in [1.807, 2.05) is 0 Å². The van der Waals surface area contributed by atoms with Crippen molar-refractivity contribution in [3.8, 4) is 29.0 Å². The zero-order chi connectivity index (χ0) is 16.4. The minimum absolute atomic E-state index is 0.194. The molecule has 4 N–H and O–H groups in total. The Morgan fingerprint density at radius 2 is 1.91 bits per heavy atom. The van der Waals surface area contributed by atoms with Crippen LogP contribution in [-0.4, -0.2) is 15.0 Å². The van der Waals surface area contributed by atoms with Crippen LogP contribution >= 0.6 is 0 Å². The molecule has 0 fully saturated rings. The lowest BCUT2D eigenvalue weighted by Crippen LogP contribution is -2.16. The van der Waals surface area contributed by atoms with E-state index in [4.69, 9.17) is 16.3 Å². The number of benzene rings is 1. The zero-order valence-corrected chi connectivity index (χ0v) is 10.8. The zero-order valence-electron chi connectivity index (χ0n) is 10.8. The highest BCUT2D eigenvalue weighted by Crippen LogP contribution is 2.36. The number of nitrogens with zero attached hydrogens (tertiary/aromatic N) is 3. The maximum Gasteiger partial charge on any atom is 0.270 e. The van der Waals surface area contributed by atoms with Crippen molar-refractivity contribution in [2.24, 2.45) is 0 Å². The molecule has 0 aliphatic heterocycles. The normalized spacial score (nSPS) is 9.73. The van der Waals surface area contributed by atoms with E-state index in [-0.39, 0.29) is 28.2 Å². The van der Waals surface area contributed by atoms with Crippen molar-refractivity contribution in [3.63, 3.8) is 0 Å². The molecule has 0 radical (unpaired) electrons. The Kier molecular flexibility index (Phi) is 3.48. The number of aromatic amines is 1. The molecule has 0 saturated heterocycles. The average Bonchev–Trinajstić information content (AvgIpc) is 2.47. The number of rotatable bonds is 2. The van der Waals surface area contributed by atoms with Gasteiger partial charge in [-0.15, -0.1) is 0 Å². The summed E-state index contributed by atoms with van der Waals surface area (Å²) in [7, 11) is 0. The third-order valence-corrected chi connectivity index (χ3v) is 2.93. The molecule has 0 aliphatic carbocycles. The average molecular weight is 297 g/mol. The molecule has 22 heavy (non-hydrogen) atoms. The van der Waals surface area contributed by atoms with Crippen molar-refractivity contribution in [3.05, 3.63) is 49.8 Å². The lowest BCUT2D eigenvalue weighted by Gasteiger charge is -2.10. The number of hydrogen-bond acceptors (Lipinski definition) is 7. The quantitative estimate of drug-likeness (QED) is 0.547. The summed E-state index contributed by atoms with van der Waals surface area (Å²) in [4.78, 5) is 24.0. The van der Waals surface area contributed by atoms with E-state index in [9.17, 15) is 20.0 Å². The fourth-order valence-corrected chi connectivity index (χ4v) is 1.95. The maximum atomic E-state index is 11.8. The van der Waals surface area contributed by atoms with Gasteiger partial charge in [-0.05, 0) is 6.07 Å².